The first-order valence-electron chi connectivity index (χ1n) is 8.03. The lowest BCUT2D eigenvalue weighted by Gasteiger charge is -2.10. The van der Waals surface area contributed by atoms with E-state index in [0.29, 0.717) is 58.2 Å². The van der Waals surface area contributed by atoms with Crippen molar-refractivity contribution in [3.63, 3.8) is 0 Å². The van der Waals surface area contributed by atoms with E-state index in [1.165, 1.54) is 42.7 Å². The number of aldehydes is 2. The molecule has 152 valence electrons. The highest BCUT2D eigenvalue weighted by Gasteiger charge is 2.11. The van der Waals surface area contributed by atoms with Gasteiger partial charge in [0.1, 0.15) is 11.5 Å². The maximum atomic E-state index is 10.7. The minimum Gasteiger partial charge on any atom is -0.496 e. The molecule has 2 aromatic carbocycles. The van der Waals surface area contributed by atoms with Crippen molar-refractivity contribution in [1.82, 2.24) is 0 Å². The van der Waals surface area contributed by atoms with E-state index >= 15 is 0 Å². The lowest BCUT2D eigenvalue weighted by atomic mass is 10.2. The Balaban J connectivity index is 0.000000280. The highest BCUT2D eigenvalue weighted by molar-refractivity contribution is 5.82. The van der Waals surface area contributed by atoms with Gasteiger partial charge >= 0.3 is 0 Å². The van der Waals surface area contributed by atoms with Crippen molar-refractivity contribution >= 4 is 12.6 Å². The summed E-state index contributed by atoms with van der Waals surface area (Å²) in [5.41, 5.74) is 0.871. The van der Waals surface area contributed by atoms with Crippen molar-refractivity contribution in [2.24, 2.45) is 0 Å². The molecule has 0 saturated heterocycles. The largest absolute Gasteiger partial charge is 0.496 e. The van der Waals surface area contributed by atoms with Gasteiger partial charge in [-0.05, 0) is 12.1 Å². The van der Waals surface area contributed by atoms with E-state index in [9.17, 15) is 9.59 Å². The Morgan fingerprint density at radius 2 is 0.714 bits per heavy atom. The molecule has 0 spiro atoms. The minimum atomic E-state index is 0.435. The standard InChI is InChI=1S/2C10H12O4/c2*1-12-8-5-10(14-3)9(13-2)4-7(8)6-11/h2*4-6H,1-3H3. The first-order chi connectivity index (χ1) is 13.5. The molecular weight excluding hydrogens is 368 g/mol. The van der Waals surface area contributed by atoms with Crippen LogP contribution >= 0.6 is 0 Å². The van der Waals surface area contributed by atoms with Crippen LogP contribution in [0.1, 0.15) is 20.7 Å². The Kier molecular flexibility index (Phi) is 9.15. The fourth-order valence-electron chi connectivity index (χ4n) is 2.29. The Hall–Kier alpha value is -3.42. The number of hydrogen-bond donors (Lipinski definition) is 0. The third kappa shape index (κ3) is 5.29. The van der Waals surface area contributed by atoms with Crippen LogP contribution in [0.2, 0.25) is 0 Å². The van der Waals surface area contributed by atoms with E-state index in [2.05, 4.69) is 0 Å². The van der Waals surface area contributed by atoms with Crippen LogP contribution in [0.3, 0.4) is 0 Å². The van der Waals surface area contributed by atoms with Crippen molar-refractivity contribution < 1.29 is 38.0 Å². The number of carbonyl (C=O) groups is 2. The molecule has 0 aromatic heterocycles. The predicted molar refractivity (Wildman–Crippen MR) is 103 cm³/mol. The van der Waals surface area contributed by atoms with Crippen molar-refractivity contribution in [3.05, 3.63) is 35.4 Å². The second-order valence-corrected chi connectivity index (χ2v) is 5.13. The lowest BCUT2D eigenvalue weighted by Crippen LogP contribution is -1.96. The molecule has 0 fully saturated rings. The number of rotatable bonds is 8. The quantitative estimate of drug-likeness (QED) is 0.633. The topological polar surface area (TPSA) is 89.5 Å². The van der Waals surface area contributed by atoms with E-state index in [1.54, 1.807) is 24.3 Å². The smallest absolute Gasteiger partial charge is 0.164 e. The number of benzene rings is 2. The van der Waals surface area contributed by atoms with Gasteiger partial charge < -0.3 is 28.4 Å². The third-order valence-electron chi connectivity index (χ3n) is 3.73. The fourth-order valence-corrected chi connectivity index (χ4v) is 2.29. The molecule has 0 amide bonds. The molecule has 0 atom stereocenters. The molecule has 2 rings (SSSR count). The van der Waals surface area contributed by atoms with Crippen LogP contribution in [0.15, 0.2) is 24.3 Å². The SMILES string of the molecule is COc1cc(OC)c(OC)cc1C=O.COc1cc(OC)c(OC)cc1C=O. The average Bonchev–Trinajstić information content (AvgIpc) is 2.77. The van der Waals surface area contributed by atoms with Crippen LogP contribution < -0.4 is 28.4 Å². The maximum absolute atomic E-state index is 10.7. The molecule has 8 heteroatoms. The summed E-state index contributed by atoms with van der Waals surface area (Å²) in [4.78, 5) is 21.4. The van der Waals surface area contributed by atoms with Gasteiger partial charge in [0.05, 0.1) is 53.8 Å². The summed E-state index contributed by atoms with van der Waals surface area (Å²) in [7, 11) is 9.07. The van der Waals surface area contributed by atoms with E-state index in [1.807, 2.05) is 0 Å². The number of methoxy groups -OCH3 is 6. The van der Waals surface area contributed by atoms with E-state index < -0.39 is 0 Å². The zero-order valence-electron chi connectivity index (χ0n) is 16.7. The second-order valence-electron chi connectivity index (χ2n) is 5.13. The van der Waals surface area contributed by atoms with Crippen LogP contribution in [0.5, 0.6) is 34.5 Å². The molecular formula is C20H24O8. The normalized spacial score (nSPS) is 9.36. The first-order valence-corrected chi connectivity index (χ1v) is 8.03. The monoisotopic (exact) mass is 392 g/mol. The number of hydrogen-bond acceptors (Lipinski definition) is 8. The molecule has 0 bridgehead atoms. The van der Waals surface area contributed by atoms with Crippen molar-refractivity contribution in [3.8, 4) is 34.5 Å². The van der Waals surface area contributed by atoms with Crippen LogP contribution in [0, 0.1) is 0 Å². The van der Waals surface area contributed by atoms with Gasteiger partial charge in [-0.2, -0.15) is 0 Å². The molecule has 0 saturated carbocycles. The molecule has 2 aromatic rings. The van der Waals surface area contributed by atoms with Crippen molar-refractivity contribution in [2.75, 3.05) is 42.7 Å². The van der Waals surface area contributed by atoms with Crippen molar-refractivity contribution in [2.45, 2.75) is 0 Å². The molecule has 0 aliphatic heterocycles. The van der Waals surface area contributed by atoms with Gasteiger partial charge in [0.25, 0.3) is 0 Å². The fraction of sp³-hybridized carbons (Fsp3) is 0.300. The van der Waals surface area contributed by atoms with E-state index in [0.717, 1.165) is 0 Å². The Morgan fingerprint density at radius 1 is 0.464 bits per heavy atom. The first kappa shape index (κ1) is 22.6. The second kappa shape index (κ2) is 11.3. The Labute approximate surface area is 163 Å². The molecule has 0 aliphatic rings. The number of carbonyl (C=O) groups excluding carboxylic acids is 2. The summed E-state index contributed by atoms with van der Waals surface area (Å²) >= 11 is 0. The van der Waals surface area contributed by atoms with Crippen LogP contribution in [-0.4, -0.2) is 55.2 Å². The highest BCUT2D eigenvalue weighted by atomic mass is 16.5. The summed E-state index contributed by atoms with van der Waals surface area (Å²) in [5.74, 6) is 3.03. The molecule has 0 radical (unpaired) electrons. The van der Waals surface area contributed by atoms with Gasteiger partial charge in [-0.1, -0.05) is 0 Å². The minimum absolute atomic E-state index is 0.435. The van der Waals surface area contributed by atoms with Crippen molar-refractivity contribution in [1.29, 1.82) is 0 Å². The van der Waals surface area contributed by atoms with E-state index in [-0.39, 0.29) is 0 Å². The van der Waals surface area contributed by atoms with Gasteiger partial charge in [-0.15, -0.1) is 0 Å². The summed E-state index contributed by atoms with van der Waals surface area (Å²) < 4.78 is 30.2. The average molecular weight is 392 g/mol. The van der Waals surface area contributed by atoms with Gasteiger partial charge in [-0.3, -0.25) is 9.59 Å². The molecule has 0 unspecified atom stereocenters. The van der Waals surface area contributed by atoms with Gasteiger partial charge in [0, 0.05) is 12.1 Å². The molecule has 8 nitrogen and oxygen atoms in total. The Bertz CT molecular complexity index is 734. The molecule has 0 aliphatic carbocycles. The van der Waals surface area contributed by atoms with Crippen LogP contribution in [0.4, 0.5) is 0 Å². The summed E-state index contributed by atoms with van der Waals surface area (Å²) in [6, 6.07) is 6.38. The van der Waals surface area contributed by atoms with Crippen LogP contribution in [0.25, 0.3) is 0 Å². The Morgan fingerprint density at radius 3 is 0.929 bits per heavy atom. The molecule has 0 heterocycles. The van der Waals surface area contributed by atoms with Crippen LogP contribution in [-0.2, 0) is 0 Å². The van der Waals surface area contributed by atoms with E-state index in [4.69, 9.17) is 28.4 Å². The lowest BCUT2D eigenvalue weighted by molar-refractivity contribution is 0.111. The zero-order valence-corrected chi connectivity index (χ0v) is 16.7. The summed E-state index contributed by atoms with van der Waals surface area (Å²) in [6.45, 7) is 0. The predicted octanol–water partition coefficient (Wildman–Crippen LogP) is 3.05. The van der Waals surface area contributed by atoms with Gasteiger partial charge in [-0.25, -0.2) is 0 Å². The third-order valence-corrected chi connectivity index (χ3v) is 3.73. The highest BCUT2D eigenvalue weighted by Crippen LogP contribution is 2.34. The number of ether oxygens (including phenoxy) is 6. The summed E-state index contributed by atoms with van der Waals surface area (Å²) in [5, 5.41) is 0. The summed E-state index contributed by atoms with van der Waals surface area (Å²) in [6.07, 6.45) is 1.42. The van der Waals surface area contributed by atoms with Gasteiger partial charge in [0.2, 0.25) is 0 Å². The molecule has 0 N–H and O–H groups in total. The zero-order chi connectivity index (χ0) is 21.1. The van der Waals surface area contributed by atoms with Gasteiger partial charge in [0.15, 0.2) is 35.6 Å². The maximum Gasteiger partial charge on any atom is 0.164 e. The molecule has 28 heavy (non-hydrogen) atoms.